The molecule has 29 heavy (non-hydrogen) atoms. The first-order chi connectivity index (χ1) is 13.4. The minimum Gasteiger partial charge on any atom is -0.481 e. The number of hydrogen-bond acceptors (Lipinski definition) is 8. The highest BCUT2D eigenvalue weighted by molar-refractivity contribution is 7.80. The monoisotopic (exact) mass is 436 g/mol. The van der Waals surface area contributed by atoms with Gasteiger partial charge < -0.3 is 37.0 Å². The second kappa shape index (κ2) is 12.6. The quantitative estimate of drug-likeness (QED) is 0.138. The van der Waals surface area contributed by atoms with Gasteiger partial charge in [-0.2, -0.15) is 12.6 Å². The summed E-state index contributed by atoms with van der Waals surface area (Å²) in [5.41, 5.74) is 5.54. The zero-order chi connectivity index (χ0) is 22.7. The van der Waals surface area contributed by atoms with Crippen molar-refractivity contribution >= 4 is 48.3 Å². The molecule has 8 N–H and O–H groups in total. The van der Waals surface area contributed by atoms with Crippen molar-refractivity contribution in [3.8, 4) is 0 Å². The van der Waals surface area contributed by atoms with Crippen LogP contribution in [0.3, 0.4) is 0 Å². The lowest BCUT2D eigenvalue weighted by Gasteiger charge is -2.23. The number of nitrogens with two attached hydrogens (primary N) is 1. The first kappa shape index (κ1) is 26.1. The maximum Gasteiger partial charge on any atom is 0.325 e. The second-order valence-electron chi connectivity index (χ2n) is 6.01. The lowest BCUT2D eigenvalue weighted by atomic mass is 10.1. The normalized spacial score (nSPS) is 14.6. The molecule has 0 radical (unpaired) electrons. The van der Waals surface area contributed by atoms with Crippen molar-refractivity contribution in [2.24, 2.45) is 5.73 Å². The van der Waals surface area contributed by atoms with Gasteiger partial charge in [0.2, 0.25) is 17.7 Å². The summed E-state index contributed by atoms with van der Waals surface area (Å²) in [6, 6.07) is -5.46. The zero-order valence-electron chi connectivity index (χ0n) is 15.5. The van der Waals surface area contributed by atoms with Crippen LogP contribution in [0.15, 0.2) is 0 Å². The number of rotatable bonds is 13. The topological polar surface area (TPSA) is 225 Å². The van der Waals surface area contributed by atoms with E-state index in [9.17, 15) is 28.8 Å². The molecule has 0 aromatic rings. The number of carbonyl (C=O) groups is 6. The smallest absolute Gasteiger partial charge is 0.325 e. The summed E-state index contributed by atoms with van der Waals surface area (Å²) in [5.74, 6) is -7.03. The van der Waals surface area contributed by atoms with Crippen LogP contribution in [-0.2, 0) is 28.8 Å². The Morgan fingerprint density at radius 2 is 1.38 bits per heavy atom. The summed E-state index contributed by atoms with van der Waals surface area (Å²) in [5, 5.41) is 32.7. The van der Waals surface area contributed by atoms with Gasteiger partial charge in [0.1, 0.15) is 18.1 Å². The summed E-state index contributed by atoms with van der Waals surface area (Å²) in [6.45, 7) is 1.15. The molecule has 0 fully saturated rings. The van der Waals surface area contributed by atoms with Gasteiger partial charge in [-0.25, -0.2) is 0 Å². The fourth-order valence-electron chi connectivity index (χ4n) is 1.91. The van der Waals surface area contributed by atoms with Crippen LogP contribution in [0.2, 0.25) is 0 Å². The molecule has 0 saturated carbocycles. The lowest BCUT2D eigenvalue weighted by Crippen LogP contribution is -2.57. The molecule has 0 aromatic heterocycles. The first-order valence-corrected chi connectivity index (χ1v) is 8.96. The number of thiol groups is 1. The van der Waals surface area contributed by atoms with Crippen LogP contribution in [-0.4, -0.2) is 80.9 Å². The van der Waals surface area contributed by atoms with Crippen molar-refractivity contribution in [3.63, 3.8) is 0 Å². The molecule has 0 rings (SSSR count). The molecule has 0 spiro atoms. The Hall–Kier alpha value is -2.87. The molecule has 0 aliphatic carbocycles. The molecule has 0 saturated heterocycles. The highest BCUT2D eigenvalue weighted by atomic mass is 32.1. The Kier molecular flexibility index (Phi) is 11.3. The number of aliphatic carboxylic acids is 3. The third kappa shape index (κ3) is 10.3. The van der Waals surface area contributed by atoms with E-state index in [2.05, 4.69) is 23.3 Å². The fourth-order valence-corrected chi connectivity index (χ4v) is 2.17. The van der Waals surface area contributed by atoms with Crippen molar-refractivity contribution in [1.29, 1.82) is 0 Å². The highest BCUT2D eigenvalue weighted by Crippen LogP contribution is 2.00. The van der Waals surface area contributed by atoms with E-state index < -0.39 is 66.2 Å². The van der Waals surface area contributed by atoms with Crippen LogP contribution >= 0.6 is 12.6 Å². The van der Waals surface area contributed by atoms with Crippen LogP contribution in [0.25, 0.3) is 0 Å². The van der Waals surface area contributed by atoms with Crippen molar-refractivity contribution in [3.05, 3.63) is 0 Å². The Morgan fingerprint density at radius 3 is 1.83 bits per heavy atom. The Morgan fingerprint density at radius 1 is 0.862 bits per heavy atom. The van der Waals surface area contributed by atoms with Crippen LogP contribution in [0.5, 0.6) is 0 Å². The molecular weight excluding hydrogens is 412 g/mol. The van der Waals surface area contributed by atoms with E-state index in [0.29, 0.717) is 0 Å². The highest BCUT2D eigenvalue weighted by Gasteiger charge is 2.30. The Labute approximate surface area is 170 Å². The van der Waals surface area contributed by atoms with Gasteiger partial charge in [-0.05, 0) is 13.3 Å². The standard InChI is InChI=1S/C15H24N4O9S/c1-6(15(27)28)17-13(25)8(4-11(22)23)18-14(26)9(5-29)19-12(24)7(16)2-3-10(20)21/h6-9,29H,2-5,16H2,1H3,(H,17,25)(H,18,26)(H,19,24)(H,20,21)(H,22,23)(H,27,28). The summed E-state index contributed by atoms with van der Waals surface area (Å²) in [4.78, 5) is 68.6. The average molecular weight is 436 g/mol. The molecular formula is C15H24N4O9S. The molecule has 0 heterocycles. The third-order valence-corrected chi connectivity index (χ3v) is 3.93. The molecule has 13 nitrogen and oxygen atoms in total. The van der Waals surface area contributed by atoms with Crippen LogP contribution in [0.4, 0.5) is 0 Å². The van der Waals surface area contributed by atoms with Crippen molar-refractivity contribution < 1.29 is 44.1 Å². The lowest BCUT2D eigenvalue weighted by molar-refractivity contribution is -0.143. The zero-order valence-corrected chi connectivity index (χ0v) is 16.3. The molecule has 14 heteroatoms. The molecule has 4 unspecified atom stereocenters. The molecule has 0 aromatic carbocycles. The number of carbonyl (C=O) groups excluding carboxylic acids is 3. The minimum atomic E-state index is -1.61. The predicted molar refractivity (Wildman–Crippen MR) is 100 cm³/mol. The summed E-state index contributed by atoms with van der Waals surface area (Å²) >= 11 is 3.90. The van der Waals surface area contributed by atoms with Crippen molar-refractivity contribution in [2.45, 2.75) is 50.4 Å². The molecule has 4 atom stereocenters. The Bertz CT molecular complexity index is 658. The number of amides is 3. The van der Waals surface area contributed by atoms with Gasteiger partial charge in [-0.15, -0.1) is 0 Å². The molecule has 0 aliphatic heterocycles. The number of carboxylic acids is 3. The van der Waals surface area contributed by atoms with Gasteiger partial charge in [0.15, 0.2) is 0 Å². The SMILES string of the molecule is CC(NC(=O)C(CC(=O)O)NC(=O)C(CS)NC(=O)C(N)CCC(=O)O)C(=O)O. The van der Waals surface area contributed by atoms with Crippen molar-refractivity contribution in [1.82, 2.24) is 16.0 Å². The number of nitrogens with one attached hydrogen (secondary N) is 3. The maximum absolute atomic E-state index is 12.3. The molecule has 0 bridgehead atoms. The van der Waals surface area contributed by atoms with Gasteiger partial charge in [0.25, 0.3) is 0 Å². The van der Waals surface area contributed by atoms with E-state index in [1.807, 2.05) is 5.32 Å². The van der Waals surface area contributed by atoms with Gasteiger partial charge in [-0.1, -0.05) is 0 Å². The van der Waals surface area contributed by atoms with E-state index in [4.69, 9.17) is 21.1 Å². The molecule has 3 amide bonds. The van der Waals surface area contributed by atoms with Gasteiger partial charge in [0, 0.05) is 12.2 Å². The third-order valence-electron chi connectivity index (χ3n) is 3.56. The van der Waals surface area contributed by atoms with Gasteiger partial charge in [-0.3, -0.25) is 28.8 Å². The second-order valence-corrected chi connectivity index (χ2v) is 6.38. The molecule has 164 valence electrons. The van der Waals surface area contributed by atoms with Crippen molar-refractivity contribution in [2.75, 3.05) is 5.75 Å². The van der Waals surface area contributed by atoms with E-state index in [0.717, 1.165) is 6.92 Å². The average Bonchev–Trinajstić information content (AvgIpc) is 2.62. The largest absolute Gasteiger partial charge is 0.481 e. The van der Waals surface area contributed by atoms with Crippen LogP contribution < -0.4 is 21.7 Å². The first-order valence-electron chi connectivity index (χ1n) is 8.33. The summed E-state index contributed by atoms with van der Waals surface area (Å²) in [6.07, 6.45) is -1.39. The number of hydrogen-bond donors (Lipinski definition) is 8. The van der Waals surface area contributed by atoms with Gasteiger partial charge >= 0.3 is 17.9 Å². The van der Waals surface area contributed by atoms with E-state index in [1.54, 1.807) is 0 Å². The Balaban J connectivity index is 5.07. The molecule has 0 aliphatic rings. The summed E-state index contributed by atoms with van der Waals surface area (Å²) < 4.78 is 0. The van der Waals surface area contributed by atoms with E-state index in [-0.39, 0.29) is 18.6 Å². The predicted octanol–water partition coefficient (Wildman–Crippen LogP) is -2.86. The summed E-state index contributed by atoms with van der Waals surface area (Å²) in [7, 11) is 0. The van der Waals surface area contributed by atoms with Crippen LogP contribution in [0.1, 0.15) is 26.2 Å². The number of carboxylic acid groups (broad SMARTS) is 3. The fraction of sp³-hybridized carbons (Fsp3) is 0.600. The van der Waals surface area contributed by atoms with Crippen LogP contribution in [0, 0.1) is 0 Å². The van der Waals surface area contributed by atoms with E-state index in [1.165, 1.54) is 0 Å². The maximum atomic E-state index is 12.3. The van der Waals surface area contributed by atoms with E-state index >= 15 is 0 Å². The van der Waals surface area contributed by atoms with Gasteiger partial charge in [0.05, 0.1) is 12.5 Å². The minimum absolute atomic E-state index is 0.181.